The first-order valence-corrected chi connectivity index (χ1v) is 10.7. The van der Waals surface area contributed by atoms with Crippen molar-refractivity contribution in [1.29, 1.82) is 0 Å². The van der Waals surface area contributed by atoms with Crippen LogP contribution >= 0.6 is 0 Å². The molecule has 3 heterocycles. The molecule has 33 heavy (non-hydrogen) atoms. The predicted octanol–water partition coefficient (Wildman–Crippen LogP) is 3.85. The molecule has 1 aliphatic rings. The molecule has 11 heteroatoms. The summed E-state index contributed by atoms with van der Waals surface area (Å²) in [5.41, 5.74) is -0.762. The van der Waals surface area contributed by atoms with E-state index in [1.165, 1.54) is 23.1 Å². The zero-order valence-corrected chi connectivity index (χ0v) is 18.0. The maximum Gasteiger partial charge on any atom is 0.417 e. The summed E-state index contributed by atoms with van der Waals surface area (Å²) in [5, 5.41) is 12.3. The number of nitrogens with zero attached hydrogens (tertiary/aromatic N) is 6. The summed E-state index contributed by atoms with van der Waals surface area (Å²) in [6.07, 6.45) is -1.88. The zero-order valence-electron chi connectivity index (χ0n) is 18.0. The molecule has 1 aromatic carbocycles. The summed E-state index contributed by atoms with van der Waals surface area (Å²) in [4.78, 5) is 20.4. The van der Waals surface area contributed by atoms with Gasteiger partial charge in [-0.25, -0.2) is 0 Å². The van der Waals surface area contributed by atoms with Gasteiger partial charge in [-0.3, -0.25) is 4.79 Å². The van der Waals surface area contributed by atoms with Crippen LogP contribution in [0.2, 0.25) is 0 Å². The smallest absolute Gasteiger partial charge is 0.352 e. The maximum atomic E-state index is 13.3. The molecule has 3 aromatic rings. The van der Waals surface area contributed by atoms with E-state index in [9.17, 15) is 18.0 Å². The molecule has 0 radical (unpaired) electrons. The average Bonchev–Trinajstić information content (AvgIpc) is 3.31. The minimum absolute atomic E-state index is 0.278. The second kappa shape index (κ2) is 9.55. The Labute approximate surface area is 188 Å². The lowest BCUT2D eigenvalue weighted by molar-refractivity contribution is -0.138. The van der Waals surface area contributed by atoms with Crippen molar-refractivity contribution in [3.8, 4) is 11.5 Å². The fraction of sp³-hybridized carbons (Fsp3) is 0.409. The van der Waals surface area contributed by atoms with Crippen LogP contribution in [0.25, 0.3) is 11.5 Å². The first-order valence-electron chi connectivity index (χ1n) is 10.7. The molecule has 0 N–H and O–H groups in total. The summed E-state index contributed by atoms with van der Waals surface area (Å²) >= 11 is 0. The minimum atomic E-state index is -4.58. The first-order chi connectivity index (χ1) is 15.9. The van der Waals surface area contributed by atoms with Crippen LogP contribution in [0.4, 0.5) is 19.0 Å². The number of benzene rings is 1. The lowest BCUT2D eigenvalue weighted by Gasteiger charge is -2.35. The second-order valence-electron chi connectivity index (χ2n) is 7.71. The van der Waals surface area contributed by atoms with Crippen molar-refractivity contribution in [2.75, 3.05) is 31.1 Å². The fourth-order valence-electron chi connectivity index (χ4n) is 3.63. The molecular weight excluding hydrogens is 437 g/mol. The molecule has 1 amide bonds. The van der Waals surface area contributed by atoms with E-state index < -0.39 is 17.6 Å². The number of halogens is 3. The van der Waals surface area contributed by atoms with Gasteiger partial charge in [-0.1, -0.05) is 30.6 Å². The summed E-state index contributed by atoms with van der Waals surface area (Å²) in [6.45, 7) is 3.49. The maximum absolute atomic E-state index is 13.3. The second-order valence-corrected chi connectivity index (χ2v) is 7.71. The van der Waals surface area contributed by atoms with E-state index in [1.54, 1.807) is 12.1 Å². The van der Waals surface area contributed by atoms with Crippen LogP contribution in [-0.2, 0) is 12.6 Å². The molecule has 174 valence electrons. The largest absolute Gasteiger partial charge is 0.417 e. The Hall–Kier alpha value is -3.50. The topological polar surface area (TPSA) is 88.3 Å². The summed E-state index contributed by atoms with van der Waals surface area (Å²) in [7, 11) is 0. The van der Waals surface area contributed by atoms with Crippen molar-refractivity contribution >= 4 is 11.7 Å². The van der Waals surface area contributed by atoms with Gasteiger partial charge in [0.25, 0.3) is 5.91 Å². The number of amides is 1. The van der Waals surface area contributed by atoms with Gasteiger partial charge in [0.2, 0.25) is 11.7 Å². The van der Waals surface area contributed by atoms with Crippen LogP contribution in [0.3, 0.4) is 0 Å². The van der Waals surface area contributed by atoms with Gasteiger partial charge in [0.15, 0.2) is 5.82 Å². The molecule has 0 bridgehead atoms. The number of alkyl halides is 3. The Bertz CT molecular complexity index is 1090. The molecule has 0 atom stereocenters. The summed E-state index contributed by atoms with van der Waals surface area (Å²) in [6, 6.07) is 8.38. The van der Waals surface area contributed by atoms with E-state index in [0.29, 0.717) is 42.7 Å². The molecular formula is C22H23F3N6O2. The highest BCUT2D eigenvalue weighted by Gasteiger charge is 2.36. The number of hydrogen-bond donors (Lipinski definition) is 0. The van der Waals surface area contributed by atoms with Crippen molar-refractivity contribution in [1.82, 2.24) is 25.2 Å². The molecule has 1 fully saturated rings. The molecule has 2 aromatic heterocycles. The van der Waals surface area contributed by atoms with E-state index in [1.807, 2.05) is 4.90 Å². The number of aromatic nitrogens is 4. The Morgan fingerprint density at radius 2 is 1.82 bits per heavy atom. The van der Waals surface area contributed by atoms with E-state index in [-0.39, 0.29) is 18.7 Å². The number of carbonyl (C=O) groups is 1. The molecule has 0 aliphatic carbocycles. The Kier molecular flexibility index (Phi) is 6.57. The van der Waals surface area contributed by atoms with Crippen LogP contribution in [0.15, 0.2) is 40.9 Å². The number of carbonyl (C=O) groups excluding carboxylic acids is 1. The third-order valence-electron chi connectivity index (χ3n) is 5.45. The third kappa shape index (κ3) is 5.12. The lowest BCUT2D eigenvalue weighted by atomic mass is 10.1. The van der Waals surface area contributed by atoms with Crippen molar-refractivity contribution in [3.05, 3.63) is 53.4 Å². The third-order valence-corrected chi connectivity index (χ3v) is 5.45. The molecule has 0 unspecified atom stereocenters. The van der Waals surface area contributed by atoms with Gasteiger partial charge < -0.3 is 14.3 Å². The summed E-state index contributed by atoms with van der Waals surface area (Å²) < 4.78 is 45.0. The molecule has 0 saturated carbocycles. The average molecular weight is 460 g/mol. The summed E-state index contributed by atoms with van der Waals surface area (Å²) in [5.74, 6) is 0.917. The minimum Gasteiger partial charge on any atom is -0.352 e. The molecule has 8 nitrogen and oxygen atoms in total. The van der Waals surface area contributed by atoms with Gasteiger partial charge in [0, 0.05) is 32.6 Å². The van der Waals surface area contributed by atoms with Gasteiger partial charge >= 0.3 is 6.18 Å². The van der Waals surface area contributed by atoms with Gasteiger partial charge in [-0.05, 0) is 30.7 Å². The molecule has 1 saturated heterocycles. The van der Waals surface area contributed by atoms with Gasteiger partial charge in [0.05, 0.1) is 11.1 Å². The van der Waals surface area contributed by atoms with Crippen molar-refractivity contribution in [2.45, 2.75) is 32.4 Å². The van der Waals surface area contributed by atoms with Gasteiger partial charge in [0.1, 0.15) is 5.69 Å². The van der Waals surface area contributed by atoms with Crippen LogP contribution in [0.1, 0.15) is 41.6 Å². The Balaban J connectivity index is 1.38. The fourth-order valence-corrected chi connectivity index (χ4v) is 3.63. The molecule has 1 aliphatic heterocycles. The highest BCUT2D eigenvalue weighted by molar-refractivity contribution is 5.96. The number of hydrogen-bond acceptors (Lipinski definition) is 7. The SMILES string of the molecule is CCCCc1nc(-c2ccc(N3CCN(C(=O)c4ccccc4C(F)(F)F)CC3)nn2)no1. The molecule has 0 spiro atoms. The van der Waals surface area contributed by atoms with E-state index in [2.05, 4.69) is 27.3 Å². The van der Waals surface area contributed by atoms with Crippen molar-refractivity contribution < 1.29 is 22.5 Å². The first kappa shape index (κ1) is 22.7. The van der Waals surface area contributed by atoms with Crippen molar-refractivity contribution in [3.63, 3.8) is 0 Å². The predicted molar refractivity (Wildman–Crippen MR) is 113 cm³/mol. The highest BCUT2D eigenvalue weighted by atomic mass is 19.4. The van der Waals surface area contributed by atoms with Crippen LogP contribution in [-0.4, -0.2) is 57.3 Å². The van der Waals surface area contributed by atoms with E-state index >= 15 is 0 Å². The van der Waals surface area contributed by atoms with Gasteiger partial charge in [-0.2, -0.15) is 18.2 Å². The van der Waals surface area contributed by atoms with Crippen LogP contribution in [0.5, 0.6) is 0 Å². The highest BCUT2D eigenvalue weighted by Crippen LogP contribution is 2.32. The number of anilines is 1. The molecule has 4 rings (SSSR count). The number of rotatable bonds is 6. The van der Waals surface area contributed by atoms with Crippen LogP contribution < -0.4 is 4.90 Å². The van der Waals surface area contributed by atoms with Gasteiger partial charge in [-0.15, -0.1) is 10.2 Å². The van der Waals surface area contributed by atoms with Crippen molar-refractivity contribution in [2.24, 2.45) is 0 Å². The Morgan fingerprint density at radius 1 is 1.06 bits per heavy atom. The lowest BCUT2D eigenvalue weighted by Crippen LogP contribution is -2.49. The number of piperazine rings is 1. The normalized spacial score (nSPS) is 14.5. The number of unbranched alkanes of at least 4 members (excludes halogenated alkanes) is 1. The van der Waals surface area contributed by atoms with Crippen LogP contribution in [0, 0.1) is 0 Å². The quantitative estimate of drug-likeness (QED) is 0.552. The van der Waals surface area contributed by atoms with E-state index in [4.69, 9.17) is 4.52 Å². The van der Waals surface area contributed by atoms with E-state index in [0.717, 1.165) is 18.9 Å². The standard InChI is InChI=1S/C22H23F3N6O2/c1-2-3-8-19-26-20(29-33-19)17-9-10-18(28-27-17)30-11-13-31(14-12-30)21(32)15-6-4-5-7-16(15)22(23,24)25/h4-7,9-10H,2-3,8,11-14H2,1H3. The number of aryl methyl sites for hydroxylation is 1. The Morgan fingerprint density at radius 3 is 2.48 bits per heavy atom. The monoisotopic (exact) mass is 460 g/mol. The zero-order chi connectivity index (χ0) is 23.4.